The second kappa shape index (κ2) is 5.68. The average Bonchev–Trinajstić information content (AvgIpc) is 2.50. The van der Waals surface area contributed by atoms with E-state index < -0.39 is 0 Å². The first-order valence-electron chi connectivity index (χ1n) is 7.39. The van der Waals surface area contributed by atoms with Crippen LogP contribution in [0.5, 0.6) is 0 Å². The fourth-order valence-electron chi connectivity index (χ4n) is 2.98. The van der Waals surface area contributed by atoms with Gasteiger partial charge in [-0.05, 0) is 24.8 Å². The van der Waals surface area contributed by atoms with Crippen LogP contribution in [0.15, 0.2) is 29.1 Å². The molecule has 5 nitrogen and oxygen atoms in total. The summed E-state index contributed by atoms with van der Waals surface area (Å²) in [6, 6.07) is 7.28. The Bertz CT molecular complexity index is 723. The molecule has 1 aromatic heterocycles. The lowest BCUT2D eigenvalue weighted by molar-refractivity contribution is -0.132. The molecule has 1 aliphatic heterocycles. The number of amides is 1. The predicted molar refractivity (Wildman–Crippen MR) is 81.0 cm³/mol. The Labute approximate surface area is 123 Å². The second-order valence-electron chi connectivity index (χ2n) is 5.81. The number of aromatic nitrogens is 2. The molecule has 0 saturated carbocycles. The third kappa shape index (κ3) is 2.82. The highest BCUT2D eigenvalue weighted by Gasteiger charge is 2.22. The van der Waals surface area contributed by atoms with E-state index in [1.54, 1.807) is 6.07 Å². The van der Waals surface area contributed by atoms with Gasteiger partial charge in [-0.3, -0.25) is 9.59 Å². The minimum Gasteiger partial charge on any atom is -0.342 e. The van der Waals surface area contributed by atoms with E-state index in [1.165, 1.54) is 6.42 Å². The Hall–Kier alpha value is -2.17. The van der Waals surface area contributed by atoms with Crippen LogP contribution in [0.2, 0.25) is 0 Å². The monoisotopic (exact) mass is 285 g/mol. The second-order valence-corrected chi connectivity index (χ2v) is 5.81. The summed E-state index contributed by atoms with van der Waals surface area (Å²) < 4.78 is 0. The van der Waals surface area contributed by atoms with Gasteiger partial charge in [0.2, 0.25) is 5.91 Å². The Balaban J connectivity index is 1.86. The van der Waals surface area contributed by atoms with E-state index in [2.05, 4.69) is 17.1 Å². The van der Waals surface area contributed by atoms with Crippen LogP contribution in [0.25, 0.3) is 10.8 Å². The van der Waals surface area contributed by atoms with Crippen molar-refractivity contribution in [1.29, 1.82) is 0 Å². The third-order valence-electron chi connectivity index (χ3n) is 4.10. The first-order chi connectivity index (χ1) is 10.1. The predicted octanol–water partition coefficient (Wildman–Crippen LogP) is 1.72. The molecule has 0 radical (unpaired) electrons. The van der Waals surface area contributed by atoms with Gasteiger partial charge in [-0.25, -0.2) is 5.10 Å². The fourth-order valence-corrected chi connectivity index (χ4v) is 2.98. The first-order valence-corrected chi connectivity index (χ1v) is 7.39. The Kier molecular flexibility index (Phi) is 3.73. The molecule has 1 fully saturated rings. The summed E-state index contributed by atoms with van der Waals surface area (Å²) in [5, 5.41) is 7.91. The van der Waals surface area contributed by atoms with Crippen molar-refractivity contribution in [2.24, 2.45) is 5.92 Å². The van der Waals surface area contributed by atoms with Crippen molar-refractivity contribution in [3.8, 4) is 0 Å². The number of fused-ring (bicyclic) bond motifs is 1. The van der Waals surface area contributed by atoms with Gasteiger partial charge >= 0.3 is 0 Å². The number of likely N-dealkylation sites (tertiary alicyclic amines) is 1. The molecule has 1 aromatic carbocycles. The molecule has 0 spiro atoms. The maximum absolute atomic E-state index is 12.4. The number of aromatic amines is 1. The van der Waals surface area contributed by atoms with Crippen LogP contribution in [-0.2, 0) is 11.2 Å². The highest BCUT2D eigenvalue weighted by Crippen LogP contribution is 2.18. The highest BCUT2D eigenvalue weighted by atomic mass is 16.2. The molecule has 1 amide bonds. The molecular formula is C16H19N3O2. The average molecular weight is 285 g/mol. The van der Waals surface area contributed by atoms with Gasteiger partial charge in [-0.1, -0.05) is 25.1 Å². The maximum Gasteiger partial charge on any atom is 0.272 e. The molecule has 2 heterocycles. The molecule has 1 saturated heterocycles. The van der Waals surface area contributed by atoms with Crippen LogP contribution in [-0.4, -0.2) is 34.1 Å². The van der Waals surface area contributed by atoms with Gasteiger partial charge in [0.15, 0.2) is 0 Å². The number of H-pyrrole nitrogens is 1. The van der Waals surface area contributed by atoms with Crippen molar-refractivity contribution in [2.75, 3.05) is 13.1 Å². The standard InChI is InChI=1S/C16H19N3O2/c1-11-5-4-8-19(10-11)15(20)9-14-12-6-2-3-7-13(12)16(21)18-17-14/h2-3,6-7,11H,4-5,8-10H2,1H3,(H,18,21)/t11-/m1/s1. The van der Waals surface area contributed by atoms with E-state index in [0.717, 1.165) is 24.9 Å². The van der Waals surface area contributed by atoms with Crippen molar-refractivity contribution in [3.05, 3.63) is 40.3 Å². The fraction of sp³-hybridized carbons (Fsp3) is 0.438. The van der Waals surface area contributed by atoms with Crippen LogP contribution < -0.4 is 5.56 Å². The van der Waals surface area contributed by atoms with Gasteiger partial charge in [0, 0.05) is 18.5 Å². The third-order valence-corrected chi connectivity index (χ3v) is 4.10. The summed E-state index contributed by atoms with van der Waals surface area (Å²) >= 11 is 0. The lowest BCUT2D eigenvalue weighted by atomic mass is 9.99. The van der Waals surface area contributed by atoms with E-state index in [9.17, 15) is 9.59 Å². The number of carbonyl (C=O) groups is 1. The van der Waals surface area contributed by atoms with Gasteiger partial charge in [0.05, 0.1) is 17.5 Å². The van der Waals surface area contributed by atoms with E-state index >= 15 is 0 Å². The summed E-state index contributed by atoms with van der Waals surface area (Å²) in [5.74, 6) is 0.647. The molecule has 0 aliphatic carbocycles. The molecule has 1 atom stereocenters. The van der Waals surface area contributed by atoms with Crippen LogP contribution in [0, 0.1) is 5.92 Å². The number of hydrogen-bond donors (Lipinski definition) is 1. The molecule has 2 aromatic rings. The topological polar surface area (TPSA) is 66.1 Å². The van der Waals surface area contributed by atoms with Crippen molar-refractivity contribution >= 4 is 16.7 Å². The number of benzene rings is 1. The van der Waals surface area contributed by atoms with Gasteiger partial charge in [-0.2, -0.15) is 5.10 Å². The molecular weight excluding hydrogens is 266 g/mol. The van der Waals surface area contributed by atoms with E-state index in [1.807, 2.05) is 23.1 Å². The summed E-state index contributed by atoms with van der Waals surface area (Å²) in [6.07, 6.45) is 2.49. The maximum atomic E-state index is 12.4. The zero-order chi connectivity index (χ0) is 14.8. The molecule has 3 rings (SSSR count). The minimum atomic E-state index is -0.214. The number of hydrogen-bond acceptors (Lipinski definition) is 3. The number of nitrogens with one attached hydrogen (secondary N) is 1. The van der Waals surface area contributed by atoms with Gasteiger partial charge in [-0.15, -0.1) is 0 Å². The molecule has 0 bridgehead atoms. The number of carbonyl (C=O) groups excluding carboxylic acids is 1. The lowest BCUT2D eigenvalue weighted by Gasteiger charge is -2.31. The Morgan fingerprint density at radius 2 is 2.14 bits per heavy atom. The molecule has 5 heteroatoms. The number of nitrogens with zero attached hydrogens (tertiary/aromatic N) is 2. The van der Waals surface area contributed by atoms with Crippen LogP contribution in [0.1, 0.15) is 25.5 Å². The molecule has 1 N–H and O–H groups in total. The first kappa shape index (κ1) is 13.8. The van der Waals surface area contributed by atoms with Gasteiger partial charge in [0.25, 0.3) is 5.56 Å². The molecule has 1 aliphatic rings. The molecule has 21 heavy (non-hydrogen) atoms. The Morgan fingerprint density at radius 3 is 2.90 bits per heavy atom. The van der Waals surface area contributed by atoms with E-state index in [-0.39, 0.29) is 17.9 Å². The smallest absolute Gasteiger partial charge is 0.272 e. The summed E-state index contributed by atoms with van der Waals surface area (Å²) in [4.78, 5) is 26.1. The minimum absolute atomic E-state index is 0.0891. The lowest BCUT2D eigenvalue weighted by Crippen LogP contribution is -2.40. The molecule has 110 valence electrons. The van der Waals surface area contributed by atoms with Crippen LogP contribution in [0.4, 0.5) is 0 Å². The number of piperidine rings is 1. The van der Waals surface area contributed by atoms with Crippen molar-refractivity contribution in [3.63, 3.8) is 0 Å². The van der Waals surface area contributed by atoms with Gasteiger partial charge in [0.1, 0.15) is 0 Å². The largest absolute Gasteiger partial charge is 0.342 e. The number of rotatable bonds is 2. The Morgan fingerprint density at radius 1 is 1.38 bits per heavy atom. The van der Waals surface area contributed by atoms with E-state index in [4.69, 9.17) is 0 Å². The molecule has 0 unspecified atom stereocenters. The van der Waals surface area contributed by atoms with Crippen molar-refractivity contribution in [1.82, 2.24) is 15.1 Å². The summed E-state index contributed by atoms with van der Waals surface area (Å²) in [6.45, 7) is 3.82. The van der Waals surface area contributed by atoms with Crippen LogP contribution >= 0.6 is 0 Å². The summed E-state index contributed by atoms with van der Waals surface area (Å²) in [7, 11) is 0. The zero-order valence-corrected chi connectivity index (χ0v) is 12.1. The highest BCUT2D eigenvalue weighted by molar-refractivity contribution is 5.88. The van der Waals surface area contributed by atoms with Crippen molar-refractivity contribution < 1.29 is 4.79 Å². The van der Waals surface area contributed by atoms with E-state index in [0.29, 0.717) is 17.0 Å². The van der Waals surface area contributed by atoms with Gasteiger partial charge < -0.3 is 4.90 Å². The summed E-state index contributed by atoms with van der Waals surface area (Å²) in [5.41, 5.74) is 0.432. The zero-order valence-electron chi connectivity index (χ0n) is 12.1. The quantitative estimate of drug-likeness (QED) is 0.913. The van der Waals surface area contributed by atoms with Crippen LogP contribution in [0.3, 0.4) is 0 Å². The SMILES string of the molecule is C[C@@H]1CCCN(C(=O)Cc2n[nH]c(=O)c3ccccc23)C1. The van der Waals surface area contributed by atoms with Crippen molar-refractivity contribution in [2.45, 2.75) is 26.2 Å². The normalized spacial score (nSPS) is 18.9.